The molecule has 1 fully saturated rings. The van der Waals surface area contributed by atoms with Gasteiger partial charge < -0.3 is 4.90 Å². The molecule has 0 spiro atoms. The molecule has 2 unspecified atom stereocenters. The maximum atomic E-state index is 11.7. The number of carbonyl (C=O) groups excluding carboxylic acids is 1. The van der Waals surface area contributed by atoms with E-state index in [9.17, 15) is 4.79 Å². The summed E-state index contributed by atoms with van der Waals surface area (Å²) in [5.74, 6) is 1.46. The number of carbonyl (C=O) groups is 1. The highest BCUT2D eigenvalue weighted by molar-refractivity contribution is 5.81. The largest absolute Gasteiger partial charge is 0.303 e. The summed E-state index contributed by atoms with van der Waals surface area (Å²) < 4.78 is 0. The van der Waals surface area contributed by atoms with Gasteiger partial charge in [-0.15, -0.1) is 0 Å². The van der Waals surface area contributed by atoms with Crippen molar-refractivity contribution in [1.29, 1.82) is 0 Å². The zero-order chi connectivity index (χ0) is 11.4. The van der Waals surface area contributed by atoms with E-state index in [1.165, 1.54) is 6.42 Å². The first-order chi connectivity index (χ1) is 7.02. The summed E-state index contributed by atoms with van der Waals surface area (Å²) in [5.41, 5.74) is 0. The normalized spacial score (nSPS) is 24.9. The van der Waals surface area contributed by atoms with E-state index in [4.69, 9.17) is 0 Å². The van der Waals surface area contributed by atoms with Crippen LogP contribution in [0.5, 0.6) is 0 Å². The van der Waals surface area contributed by atoms with Crippen LogP contribution in [0.1, 0.15) is 46.5 Å². The van der Waals surface area contributed by atoms with Gasteiger partial charge in [-0.05, 0) is 32.7 Å². The molecule has 1 rings (SSSR count). The molecule has 0 aliphatic heterocycles. The fourth-order valence-electron chi connectivity index (χ4n) is 2.27. The van der Waals surface area contributed by atoms with E-state index in [-0.39, 0.29) is 0 Å². The zero-order valence-corrected chi connectivity index (χ0v) is 10.6. The van der Waals surface area contributed by atoms with Crippen LogP contribution in [0.25, 0.3) is 0 Å². The van der Waals surface area contributed by atoms with Gasteiger partial charge in [-0.25, -0.2) is 0 Å². The number of nitrogens with zero attached hydrogens (tertiary/aromatic N) is 1. The molecular weight excluding hydrogens is 186 g/mol. The molecule has 2 nitrogen and oxygen atoms in total. The highest BCUT2D eigenvalue weighted by Gasteiger charge is 2.25. The Kier molecular flexibility index (Phi) is 4.78. The van der Waals surface area contributed by atoms with E-state index < -0.39 is 0 Å². The first-order valence-corrected chi connectivity index (χ1v) is 6.25. The van der Waals surface area contributed by atoms with Crippen LogP contribution >= 0.6 is 0 Å². The van der Waals surface area contributed by atoms with Crippen LogP contribution in [0.3, 0.4) is 0 Å². The number of hydrogen-bond acceptors (Lipinski definition) is 2. The molecule has 0 aromatic carbocycles. The average Bonchev–Trinajstić information content (AvgIpc) is 2.20. The standard InChI is InChI=1S/C13H25NO/c1-10(2)11(3)14(4)9-12-7-5-6-8-13(12)15/h10-12H,5-9H2,1-4H3. The Morgan fingerprint density at radius 1 is 1.33 bits per heavy atom. The Morgan fingerprint density at radius 2 is 2.00 bits per heavy atom. The lowest BCUT2D eigenvalue weighted by Gasteiger charge is -2.32. The lowest BCUT2D eigenvalue weighted by molar-refractivity contribution is -0.125. The van der Waals surface area contributed by atoms with Gasteiger partial charge in [-0.3, -0.25) is 4.79 Å². The first-order valence-electron chi connectivity index (χ1n) is 6.25. The van der Waals surface area contributed by atoms with Crippen molar-refractivity contribution in [1.82, 2.24) is 4.90 Å². The summed E-state index contributed by atoms with van der Waals surface area (Å²) in [6.45, 7) is 7.68. The lowest BCUT2D eigenvalue weighted by Crippen LogP contribution is -2.39. The van der Waals surface area contributed by atoms with Crippen molar-refractivity contribution in [3.8, 4) is 0 Å². The van der Waals surface area contributed by atoms with Crippen molar-refractivity contribution in [2.45, 2.75) is 52.5 Å². The van der Waals surface area contributed by atoms with Crippen LogP contribution < -0.4 is 0 Å². The number of ketones is 1. The van der Waals surface area contributed by atoms with Crippen molar-refractivity contribution >= 4 is 5.78 Å². The van der Waals surface area contributed by atoms with E-state index in [2.05, 4.69) is 32.7 Å². The maximum absolute atomic E-state index is 11.7. The quantitative estimate of drug-likeness (QED) is 0.712. The second kappa shape index (κ2) is 5.64. The van der Waals surface area contributed by atoms with Crippen molar-refractivity contribution in [3.63, 3.8) is 0 Å². The van der Waals surface area contributed by atoms with Crippen molar-refractivity contribution in [2.24, 2.45) is 11.8 Å². The first kappa shape index (κ1) is 12.7. The summed E-state index contributed by atoms with van der Waals surface area (Å²) in [7, 11) is 2.15. The average molecular weight is 211 g/mol. The molecule has 0 heterocycles. The lowest BCUT2D eigenvalue weighted by atomic mass is 9.87. The molecule has 0 radical (unpaired) electrons. The van der Waals surface area contributed by atoms with Gasteiger partial charge in [0.2, 0.25) is 0 Å². The van der Waals surface area contributed by atoms with Crippen molar-refractivity contribution in [3.05, 3.63) is 0 Å². The molecule has 0 N–H and O–H groups in total. The molecule has 0 saturated heterocycles. The van der Waals surface area contributed by atoms with Gasteiger partial charge in [0.05, 0.1) is 0 Å². The van der Waals surface area contributed by atoms with E-state index in [1.54, 1.807) is 0 Å². The number of Topliss-reactive ketones (excluding diaryl/α,β-unsaturated/α-hetero) is 1. The molecule has 88 valence electrons. The van der Waals surface area contributed by atoms with Gasteiger partial charge in [0, 0.05) is 24.9 Å². The predicted molar refractivity (Wildman–Crippen MR) is 63.9 cm³/mol. The van der Waals surface area contributed by atoms with E-state index in [0.29, 0.717) is 23.7 Å². The molecule has 15 heavy (non-hydrogen) atoms. The summed E-state index contributed by atoms with van der Waals surface area (Å²) in [6, 6.07) is 0.569. The molecule has 2 atom stereocenters. The van der Waals surface area contributed by atoms with Crippen LogP contribution in [0, 0.1) is 11.8 Å². The Hall–Kier alpha value is -0.370. The fourth-order valence-corrected chi connectivity index (χ4v) is 2.27. The van der Waals surface area contributed by atoms with Crippen LogP contribution in [0.2, 0.25) is 0 Å². The van der Waals surface area contributed by atoms with Gasteiger partial charge >= 0.3 is 0 Å². The van der Waals surface area contributed by atoms with Gasteiger partial charge in [0.1, 0.15) is 5.78 Å². The third-order valence-corrected chi connectivity index (χ3v) is 3.85. The summed E-state index contributed by atoms with van der Waals surface area (Å²) in [5, 5.41) is 0. The van der Waals surface area contributed by atoms with Gasteiger partial charge in [-0.2, -0.15) is 0 Å². The van der Waals surface area contributed by atoms with E-state index in [1.807, 2.05) is 0 Å². The molecule has 0 amide bonds. The zero-order valence-electron chi connectivity index (χ0n) is 10.6. The van der Waals surface area contributed by atoms with Crippen LogP contribution in [0.15, 0.2) is 0 Å². The summed E-state index contributed by atoms with van der Waals surface area (Å²) in [6.07, 6.45) is 4.27. The maximum Gasteiger partial charge on any atom is 0.137 e. The minimum atomic E-state index is 0.310. The SMILES string of the molecule is CC(C)C(C)N(C)CC1CCCCC1=O. The molecule has 0 aromatic rings. The molecular formula is C13H25NO. The van der Waals surface area contributed by atoms with Gasteiger partial charge in [0.15, 0.2) is 0 Å². The predicted octanol–water partition coefficient (Wildman–Crippen LogP) is 2.72. The Balaban J connectivity index is 2.42. The van der Waals surface area contributed by atoms with E-state index >= 15 is 0 Å². The molecule has 1 aliphatic carbocycles. The smallest absolute Gasteiger partial charge is 0.137 e. The highest BCUT2D eigenvalue weighted by Crippen LogP contribution is 2.22. The van der Waals surface area contributed by atoms with Crippen LogP contribution in [-0.2, 0) is 4.79 Å². The topological polar surface area (TPSA) is 20.3 Å². The van der Waals surface area contributed by atoms with Gasteiger partial charge in [0.25, 0.3) is 0 Å². The molecule has 1 saturated carbocycles. The van der Waals surface area contributed by atoms with Crippen LogP contribution in [0.4, 0.5) is 0 Å². The van der Waals surface area contributed by atoms with E-state index in [0.717, 1.165) is 25.8 Å². The fraction of sp³-hybridized carbons (Fsp3) is 0.923. The molecule has 1 aliphatic rings. The second-order valence-electron chi connectivity index (χ2n) is 5.33. The van der Waals surface area contributed by atoms with Crippen LogP contribution in [-0.4, -0.2) is 30.3 Å². The number of rotatable bonds is 4. The Labute approximate surface area is 94.0 Å². The summed E-state index contributed by atoms with van der Waals surface area (Å²) >= 11 is 0. The second-order valence-corrected chi connectivity index (χ2v) is 5.33. The third kappa shape index (κ3) is 3.60. The molecule has 0 bridgehead atoms. The Morgan fingerprint density at radius 3 is 2.53 bits per heavy atom. The Bertz CT molecular complexity index is 213. The summed E-state index contributed by atoms with van der Waals surface area (Å²) in [4.78, 5) is 14.0. The third-order valence-electron chi connectivity index (χ3n) is 3.85. The minimum absolute atomic E-state index is 0.310. The minimum Gasteiger partial charge on any atom is -0.303 e. The van der Waals surface area contributed by atoms with Crippen molar-refractivity contribution < 1.29 is 4.79 Å². The van der Waals surface area contributed by atoms with Gasteiger partial charge in [-0.1, -0.05) is 20.3 Å². The monoisotopic (exact) mass is 211 g/mol. The highest BCUT2D eigenvalue weighted by atomic mass is 16.1. The number of hydrogen-bond donors (Lipinski definition) is 0. The van der Waals surface area contributed by atoms with Crippen molar-refractivity contribution in [2.75, 3.05) is 13.6 Å². The molecule has 2 heteroatoms. The molecule has 0 aromatic heterocycles.